The molecule has 1 fully saturated rings. The zero-order chi connectivity index (χ0) is 21.9. The van der Waals surface area contributed by atoms with Gasteiger partial charge in [0.25, 0.3) is 0 Å². The lowest BCUT2D eigenvalue weighted by molar-refractivity contribution is -0.117. The molecule has 1 N–H and O–H groups in total. The monoisotopic (exact) mass is 469 g/mol. The van der Waals surface area contributed by atoms with Crippen LogP contribution in [0.15, 0.2) is 42.5 Å². The molecule has 0 saturated carbocycles. The zero-order valence-electron chi connectivity index (χ0n) is 16.9. The van der Waals surface area contributed by atoms with E-state index in [0.717, 1.165) is 29.3 Å². The van der Waals surface area contributed by atoms with Crippen molar-refractivity contribution in [2.24, 2.45) is 0 Å². The van der Waals surface area contributed by atoms with Crippen molar-refractivity contribution in [3.05, 3.63) is 52.5 Å². The molecule has 0 spiro atoms. The summed E-state index contributed by atoms with van der Waals surface area (Å²) >= 11 is 12.1. The Morgan fingerprint density at radius 1 is 1.10 bits per heavy atom. The number of nitrogens with zero attached hydrogens (tertiary/aromatic N) is 2. The number of nitrogens with one attached hydrogen (secondary N) is 1. The first-order chi connectivity index (χ1) is 14.2. The van der Waals surface area contributed by atoms with E-state index in [1.165, 1.54) is 31.0 Å². The Balaban J connectivity index is 1.83. The summed E-state index contributed by atoms with van der Waals surface area (Å²) in [7, 11) is -3.77. The maximum atomic E-state index is 13.0. The standard InChI is InChI=1S/C21H25Cl2N3O3S/c1-3-20(26(30(2,28)29)19-13-15(22)12-16(23)14-19)21(27)24-17-6-8-18(9-7-17)25-10-4-5-11-25/h6-9,12-14,20H,3-5,10-11H2,1-2H3,(H,24,27)/t20-/m1/s1. The third-order valence-electron chi connectivity index (χ3n) is 5.04. The number of anilines is 3. The van der Waals surface area contributed by atoms with Crippen molar-refractivity contribution in [2.45, 2.75) is 32.2 Å². The van der Waals surface area contributed by atoms with E-state index in [0.29, 0.717) is 15.7 Å². The predicted octanol–water partition coefficient (Wildman–Crippen LogP) is 4.78. The van der Waals surface area contributed by atoms with Crippen molar-refractivity contribution in [1.82, 2.24) is 0 Å². The van der Waals surface area contributed by atoms with Crippen molar-refractivity contribution in [1.29, 1.82) is 0 Å². The summed E-state index contributed by atoms with van der Waals surface area (Å²) in [6.45, 7) is 3.83. The second kappa shape index (κ2) is 9.45. The number of hydrogen-bond donors (Lipinski definition) is 1. The molecule has 1 aliphatic rings. The molecular formula is C21H25Cl2N3O3S. The fourth-order valence-electron chi connectivity index (χ4n) is 3.68. The Kier molecular flexibility index (Phi) is 7.16. The normalized spacial score (nSPS) is 15.1. The number of hydrogen-bond acceptors (Lipinski definition) is 4. The number of halogens is 2. The van der Waals surface area contributed by atoms with Crippen molar-refractivity contribution < 1.29 is 13.2 Å². The van der Waals surface area contributed by atoms with Crippen LogP contribution in [-0.2, 0) is 14.8 Å². The van der Waals surface area contributed by atoms with E-state index in [9.17, 15) is 13.2 Å². The minimum Gasteiger partial charge on any atom is -0.372 e. The van der Waals surface area contributed by atoms with Crippen molar-refractivity contribution >= 4 is 56.2 Å². The van der Waals surface area contributed by atoms with Gasteiger partial charge in [0.1, 0.15) is 6.04 Å². The van der Waals surface area contributed by atoms with Gasteiger partial charge in [-0.2, -0.15) is 0 Å². The predicted molar refractivity (Wildman–Crippen MR) is 124 cm³/mol. The van der Waals surface area contributed by atoms with Crippen LogP contribution < -0.4 is 14.5 Å². The molecule has 2 aromatic rings. The lowest BCUT2D eigenvalue weighted by atomic mass is 10.1. The Bertz CT molecular complexity index is 986. The second-order valence-corrected chi connectivity index (χ2v) is 10.1. The summed E-state index contributed by atoms with van der Waals surface area (Å²) < 4.78 is 26.2. The SMILES string of the molecule is CC[C@H](C(=O)Nc1ccc(N2CCCC2)cc1)N(c1cc(Cl)cc(Cl)c1)S(C)(=O)=O. The summed E-state index contributed by atoms with van der Waals surface area (Å²) in [5.41, 5.74) is 1.98. The van der Waals surface area contributed by atoms with E-state index in [1.807, 2.05) is 24.3 Å². The number of benzene rings is 2. The van der Waals surface area contributed by atoms with E-state index >= 15 is 0 Å². The third kappa shape index (κ3) is 5.39. The fraction of sp³-hybridized carbons (Fsp3) is 0.381. The quantitative estimate of drug-likeness (QED) is 0.633. The Hall–Kier alpha value is -1.96. The molecule has 1 saturated heterocycles. The molecule has 3 rings (SSSR count). The van der Waals surface area contributed by atoms with Crippen LogP contribution in [-0.4, -0.2) is 39.7 Å². The third-order valence-corrected chi connectivity index (χ3v) is 6.65. The molecule has 6 nitrogen and oxygen atoms in total. The van der Waals surface area contributed by atoms with Crippen LogP contribution in [0.5, 0.6) is 0 Å². The van der Waals surface area contributed by atoms with Gasteiger partial charge < -0.3 is 10.2 Å². The lowest BCUT2D eigenvalue weighted by Crippen LogP contribution is -2.47. The van der Waals surface area contributed by atoms with Crippen LogP contribution in [0.2, 0.25) is 10.0 Å². The first kappa shape index (κ1) is 22.7. The van der Waals surface area contributed by atoms with Gasteiger partial charge in [-0.05, 0) is 61.7 Å². The van der Waals surface area contributed by atoms with Gasteiger partial charge in [-0.25, -0.2) is 8.42 Å². The van der Waals surface area contributed by atoms with E-state index in [4.69, 9.17) is 23.2 Å². The van der Waals surface area contributed by atoms with E-state index in [-0.39, 0.29) is 12.1 Å². The number of carbonyl (C=O) groups is 1. The fourth-order valence-corrected chi connectivity index (χ4v) is 5.39. The van der Waals surface area contributed by atoms with Crippen LogP contribution in [0.1, 0.15) is 26.2 Å². The van der Waals surface area contributed by atoms with E-state index < -0.39 is 22.0 Å². The van der Waals surface area contributed by atoms with Crippen molar-refractivity contribution in [2.75, 3.05) is 33.9 Å². The highest BCUT2D eigenvalue weighted by atomic mass is 35.5. The van der Waals surface area contributed by atoms with Crippen LogP contribution in [0.4, 0.5) is 17.1 Å². The van der Waals surface area contributed by atoms with E-state index in [1.54, 1.807) is 6.92 Å². The van der Waals surface area contributed by atoms with Gasteiger partial charge in [0, 0.05) is 34.5 Å². The number of carbonyl (C=O) groups excluding carboxylic acids is 1. The highest BCUT2D eigenvalue weighted by molar-refractivity contribution is 7.92. The Morgan fingerprint density at radius 2 is 1.67 bits per heavy atom. The minimum atomic E-state index is -3.77. The molecular weight excluding hydrogens is 445 g/mol. The summed E-state index contributed by atoms with van der Waals surface area (Å²) in [4.78, 5) is 15.3. The van der Waals surface area contributed by atoms with Gasteiger partial charge in [0.05, 0.1) is 11.9 Å². The molecule has 0 radical (unpaired) electrons. The second-order valence-electron chi connectivity index (χ2n) is 7.34. The summed E-state index contributed by atoms with van der Waals surface area (Å²) in [5.74, 6) is -0.423. The highest BCUT2D eigenvalue weighted by Gasteiger charge is 2.32. The van der Waals surface area contributed by atoms with Crippen LogP contribution in [0.3, 0.4) is 0 Å². The van der Waals surface area contributed by atoms with Gasteiger partial charge >= 0.3 is 0 Å². The molecule has 0 bridgehead atoms. The topological polar surface area (TPSA) is 69.7 Å². The largest absolute Gasteiger partial charge is 0.372 e. The van der Waals surface area contributed by atoms with Gasteiger partial charge in [0.2, 0.25) is 15.9 Å². The average molecular weight is 470 g/mol. The first-order valence-corrected chi connectivity index (χ1v) is 12.4. The van der Waals surface area contributed by atoms with Gasteiger partial charge in [-0.3, -0.25) is 9.10 Å². The summed E-state index contributed by atoms with van der Waals surface area (Å²) in [5, 5.41) is 3.41. The number of amides is 1. The van der Waals surface area contributed by atoms with Gasteiger partial charge in [-0.15, -0.1) is 0 Å². The first-order valence-electron chi connectivity index (χ1n) is 9.80. The van der Waals surface area contributed by atoms with Crippen LogP contribution in [0.25, 0.3) is 0 Å². The highest BCUT2D eigenvalue weighted by Crippen LogP contribution is 2.30. The van der Waals surface area contributed by atoms with Gasteiger partial charge in [0.15, 0.2) is 0 Å². The van der Waals surface area contributed by atoms with Crippen molar-refractivity contribution in [3.8, 4) is 0 Å². The minimum absolute atomic E-state index is 0.251. The molecule has 1 aliphatic heterocycles. The molecule has 0 aromatic heterocycles. The maximum absolute atomic E-state index is 13.0. The molecule has 1 amide bonds. The number of rotatable bonds is 7. The van der Waals surface area contributed by atoms with E-state index in [2.05, 4.69) is 10.2 Å². The van der Waals surface area contributed by atoms with Crippen molar-refractivity contribution in [3.63, 3.8) is 0 Å². The lowest BCUT2D eigenvalue weighted by Gasteiger charge is -2.30. The molecule has 1 atom stereocenters. The van der Waals surface area contributed by atoms with Crippen LogP contribution >= 0.6 is 23.2 Å². The molecule has 1 heterocycles. The average Bonchev–Trinajstić information content (AvgIpc) is 3.19. The molecule has 9 heteroatoms. The molecule has 30 heavy (non-hydrogen) atoms. The summed E-state index contributed by atoms with van der Waals surface area (Å²) in [6.07, 6.45) is 3.70. The molecule has 162 valence electrons. The molecule has 0 unspecified atom stereocenters. The van der Waals surface area contributed by atoms with Crippen LogP contribution in [0, 0.1) is 0 Å². The number of sulfonamides is 1. The zero-order valence-corrected chi connectivity index (χ0v) is 19.3. The van der Waals surface area contributed by atoms with Gasteiger partial charge in [-0.1, -0.05) is 30.1 Å². The summed E-state index contributed by atoms with van der Waals surface area (Å²) in [6, 6.07) is 11.1. The molecule has 2 aromatic carbocycles. The molecule has 0 aliphatic carbocycles. The Morgan fingerprint density at radius 3 is 2.17 bits per heavy atom. The smallest absolute Gasteiger partial charge is 0.248 e. The Labute approximate surface area is 187 Å². The maximum Gasteiger partial charge on any atom is 0.248 e.